The fourth-order valence-electron chi connectivity index (χ4n) is 4.50. The van der Waals surface area contributed by atoms with Gasteiger partial charge in [0.05, 0.1) is 0 Å². The summed E-state index contributed by atoms with van der Waals surface area (Å²) in [5, 5.41) is 13.0. The van der Waals surface area contributed by atoms with Gasteiger partial charge in [-0.25, -0.2) is 0 Å². The summed E-state index contributed by atoms with van der Waals surface area (Å²) in [4.78, 5) is 2.39. The lowest BCUT2D eigenvalue weighted by Crippen LogP contribution is -2.40. The van der Waals surface area contributed by atoms with E-state index >= 15 is 0 Å². The summed E-state index contributed by atoms with van der Waals surface area (Å²) in [5.41, 5.74) is 2.70. The molecule has 1 aliphatic heterocycles. The third kappa shape index (κ3) is 2.42. The molecule has 5 heteroatoms. The summed E-state index contributed by atoms with van der Waals surface area (Å²) in [6, 6.07) is 0.490. The highest BCUT2D eigenvalue weighted by Crippen LogP contribution is 2.52. The lowest BCUT2D eigenvalue weighted by atomic mass is 9.67. The molecule has 4 nitrogen and oxygen atoms in total. The summed E-state index contributed by atoms with van der Waals surface area (Å²) in [7, 11) is 2.19. The molecule has 2 heterocycles. The van der Waals surface area contributed by atoms with Crippen molar-refractivity contribution < 1.29 is 0 Å². The number of nitrogens with one attached hydrogen (secondary N) is 1. The van der Waals surface area contributed by atoms with Crippen LogP contribution in [0, 0.1) is 0 Å². The first-order chi connectivity index (χ1) is 10.2. The molecule has 1 saturated carbocycles. The normalized spacial score (nSPS) is 32.0. The van der Waals surface area contributed by atoms with Crippen molar-refractivity contribution in [3.05, 3.63) is 16.3 Å². The van der Waals surface area contributed by atoms with Gasteiger partial charge < -0.3 is 10.2 Å². The number of halogens is 1. The summed E-state index contributed by atoms with van der Waals surface area (Å²) in [6.07, 6.45) is 7.60. The Kier molecular flexibility index (Phi) is 3.54. The van der Waals surface area contributed by atoms with E-state index in [-0.39, 0.29) is 0 Å². The van der Waals surface area contributed by atoms with E-state index in [0.29, 0.717) is 23.0 Å². The Balaban J connectivity index is 1.66. The van der Waals surface area contributed by atoms with Crippen molar-refractivity contribution in [2.45, 2.75) is 56.4 Å². The number of fused-ring (bicyclic) bond motifs is 2. The van der Waals surface area contributed by atoms with E-state index in [1.54, 1.807) is 0 Å². The van der Waals surface area contributed by atoms with Crippen LogP contribution in [-0.2, 0) is 0 Å². The van der Waals surface area contributed by atoms with E-state index in [2.05, 4.69) is 27.5 Å². The Bertz CT molecular complexity index is 539. The molecule has 1 atom stereocenters. The lowest BCUT2D eigenvalue weighted by Gasteiger charge is -2.40. The number of likely N-dealkylation sites (tertiary alicyclic amines) is 1. The molecule has 2 fully saturated rings. The molecule has 21 heavy (non-hydrogen) atoms. The monoisotopic (exact) mass is 306 g/mol. The number of hydrogen-bond donors (Lipinski definition) is 1. The number of likely N-dealkylation sites (N-methyl/N-ethyl adjacent to an activating group) is 1. The van der Waals surface area contributed by atoms with Crippen molar-refractivity contribution in [2.24, 2.45) is 0 Å². The fraction of sp³-hybridized carbons (Fsp3) is 0.750. The van der Waals surface area contributed by atoms with Crippen molar-refractivity contribution in [1.29, 1.82) is 0 Å². The molecule has 1 aromatic heterocycles. The SMILES string of the molecule is CN1CCC[C@@H](Nc2nnc(Cl)c3c2C2CCC3CC2)C1. The quantitative estimate of drug-likeness (QED) is 0.909. The van der Waals surface area contributed by atoms with Crippen LogP contribution in [0.3, 0.4) is 0 Å². The second-order valence-corrected chi connectivity index (χ2v) is 7.32. The molecule has 0 aromatic carbocycles. The van der Waals surface area contributed by atoms with Crippen LogP contribution in [-0.4, -0.2) is 41.3 Å². The van der Waals surface area contributed by atoms with E-state index in [4.69, 9.17) is 11.6 Å². The fourth-order valence-corrected chi connectivity index (χ4v) is 4.79. The summed E-state index contributed by atoms with van der Waals surface area (Å²) in [5.74, 6) is 2.27. The molecule has 114 valence electrons. The molecule has 1 N–H and O–H groups in total. The Labute approximate surface area is 131 Å². The molecule has 0 spiro atoms. The minimum atomic E-state index is 0.490. The van der Waals surface area contributed by atoms with Gasteiger partial charge in [0.1, 0.15) is 0 Å². The first-order valence-corrected chi connectivity index (χ1v) is 8.61. The predicted molar refractivity (Wildman–Crippen MR) is 85.1 cm³/mol. The summed E-state index contributed by atoms with van der Waals surface area (Å²) < 4.78 is 0. The van der Waals surface area contributed by atoms with Crippen LogP contribution in [0.5, 0.6) is 0 Å². The largest absolute Gasteiger partial charge is 0.364 e. The minimum Gasteiger partial charge on any atom is -0.364 e. The maximum Gasteiger partial charge on any atom is 0.155 e. The highest BCUT2D eigenvalue weighted by molar-refractivity contribution is 6.30. The van der Waals surface area contributed by atoms with Crippen LogP contribution >= 0.6 is 11.6 Å². The molecule has 1 saturated heterocycles. The first-order valence-electron chi connectivity index (χ1n) is 8.23. The number of piperidine rings is 1. The van der Waals surface area contributed by atoms with E-state index < -0.39 is 0 Å². The van der Waals surface area contributed by atoms with Crippen molar-refractivity contribution in [1.82, 2.24) is 15.1 Å². The molecule has 0 amide bonds. The van der Waals surface area contributed by atoms with E-state index in [0.717, 1.165) is 12.4 Å². The van der Waals surface area contributed by atoms with Gasteiger partial charge >= 0.3 is 0 Å². The maximum absolute atomic E-state index is 6.36. The number of aromatic nitrogens is 2. The van der Waals surface area contributed by atoms with Gasteiger partial charge in [-0.05, 0) is 64.0 Å². The van der Waals surface area contributed by atoms with Gasteiger partial charge in [-0.15, -0.1) is 10.2 Å². The van der Waals surface area contributed by atoms with E-state index in [1.807, 2.05) is 0 Å². The average Bonchev–Trinajstić information content (AvgIpc) is 2.51. The second kappa shape index (κ2) is 5.40. The van der Waals surface area contributed by atoms with Crippen LogP contribution in [0.2, 0.25) is 5.15 Å². The van der Waals surface area contributed by atoms with Crippen molar-refractivity contribution in [3.63, 3.8) is 0 Å². The Morgan fingerprint density at radius 2 is 1.76 bits per heavy atom. The van der Waals surface area contributed by atoms with Crippen LogP contribution < -0.4 is 5.32 Å². The van der Waals surface area contributed by atoms with Gasteiger partial charge in [0.2, 0.25) is 0 Å². The smallest absolute Gasteiger partial charge is 0.155 e. The van der Waals surface area contributed by atoms with Crippen LogP contribution in [0.25, 0.3) is 0 Å². The van der Waals surface area contributed by atoms with Gasteiger partial charge in [-0.2, -0.15) is 0 Å². The Morgan fingerprint density at radius 3 is 2.48 bits per heavy atom. The third-order valence-corrected chi connectivity index (χ3v) is 5.79. The molecule has 1 aromatic rings. The number of anilines is 1. The van der Waals surface area contributed by atoms with Gasteiger partial charge in [0.25, 0.3) is 0 Å². The highest BCUT2D eigenvalue weighted by atomic mass is 35.5. The average molecular weight is 307 g/mol. The molecule has 2 bridgehead atoms. The zero-order valence-electron chi connectivity index (χ0n) is 12.6. The van der Waals surface area contributed by atoms with Crippen LogP contribution in [0.4, 0.5) is 5.82 Å². The van der Waals surface area contributed by atoms with Crippen LogP contribution in [0.15, 0.2) is 0 Å². The molecule has 0 unspecified atom stereocenters. The zero-order valence-corrected chi connectivity index (χ0v) is 13.4. The molecule has 5 rings (SSSR count). The summed E-state index contributed by atoms with van der Waals surface area (Å²) in [6.45, 7) is 2.29. The second-order valence-electron chi connectivity index (χ2n) is 6.96. The number of rotatable bonds is 2. The standard InChI is InChI=1S/C16H23ClN4/c1-21-8-2-3-12(9-21)18-16-14-11-6-4-10(5-7-11)13(14)15(17)19-20-16/h10-12H,2-9H2,1H3,(H,18,20)/t10?,11?,12-/m1/s1. The van der Waals surface area contributed by atoms with Crippen molar-refractivity contribution >= 4 is 17.4 Å². The number of nitrogens with zero attached hydrogens (tertiary/aromatic N) is 3. The molecular weight excluding hydrogens is 284 g/mol. The third-order valence-electron chi connectivity index (χ3n) is 5.51. The Hall–Kier alpha value is -0.870. The molecule has 4 aliphatic rings. The molecular formula is C16H23ClN4. The van der Waals surface area contributed by atoms with E-state index in [9.17, 15) is 0 Å². The topological polar surface area (TPSA) is 41.0 Å². The Morgan fingerprint density at radius 1 is 1.05 bits per heavy atom. The maximum atomic E-state index is 6.36. The predicted octanol–water partition coefficient (Wildman–Crippen LogP) is 3.39. The highest BCUT2D eigenvalue weighted by Gasteiger charge is 2.38. The minimum absolute atomic E-state index is 0.490. The first kappa shape index (κ1) is 13.8. The lowest BCUT2D eigenvalue weighted by molar-refractivity contribution is 0.260. The molecule has 0 radical (unpaired) electrons. The zero-order chi connectivity index (χ0) is 14.4. The van der Waals surface area contributed by atoms with Crippen molar-refractivity contribution in [2.75, 3.05) is 25.5 Å². The summed E-state index contributed by atoms with van der Waals surface area (Å²) >= 11 is 6.36. The van der Waals surface area contributed by atoms with Gasteiger partial charge in [-0.1, -0.05) is 11.6 Å². The van der Waals surface area contributed by atoms with Crippen molar-refractivity contribution in [3.8, 4) is 0 Å². The number of hydrogen-bond acceptors (Lipinski definition) is 4. The van der Waals surface area contributed by atoms with Gasteiger partial charge in [0, 0.05) is 23.7 Å². The van der Waals surface area contributed by atoms with Gasteiger partial charge in [0.15, 0.2) is 11.0 Å². The van der Waals surface area contributed by atoms with E-state index in [1.165, 1.54) is 56.2 Å². The van der Waals surface area contributed by atoms with Gasteiger partial charge in [-0.3, -0.25) is 0 Å². The van der Waals surface area contributed by atoms with Crippen LogP contribution in [0.1, 0.15) is 61.5 Å². The molecule has 3 aliphatic carbocycles.